The van der Waals surface area contributed by atoms with Gasteiger partial charge in [-0.15, -0.1) is 0 Å². The molecule has 7 atom stereocenters. The molecule has 2 saturated carbocycles. The second-order valence-electron chi connectivity index (χ2n) is 16.3. The lowest BCUT2D eigenvalue weighted by atomic mass is 9.40. The summed E-state index contributed by atoms with van der Waals surface area (Å²) in [7, 11) is 0. The smallest absolute Gasteiger partial charge is 0.331 e. The highest BCUT2D eigenvalue weighted by Gasteiger charge is 2.66. The van der Waals surface area contributed by atoms with Crippen LogP contribution < -0.4 is 0 Å². The van der Waals surface area contributed by atoms with E-state index in [9.17, 15) is 15.0 Å². The average molecular weight is 584 g/mol. The fourth-order valence-corrected chi connectivity index (χ4v) is 10.9. The van der Waals surface area contributed by atoms with Crippen LogP contribution in [0.5, 0.6) is 0 Å². The summed E-state index contributed by atoms with van der Waals surface area (Å²) in [4.78, 5) is 15.4. The molecule has 5 heteroatoms. The fraction of sp³-hybridized carbons (Fsp3) is 0.605. The Morgan fingerprint density at radius 2 is 1.79 bits per heavy atom. The van der Waals surface area contributed by atoms with E-state index in [2.05, 4.69) is 77.7 Å². The molecule has 1 aromatic carbocycles. The molecular weight excluding hydrogens is 534 g/mol. The summed E-state index contributed by atoms with van der Waals surface area (Å²) in [5.74, 6) is 0.331. The zero-order chi connectivity index (χ0) is 30.9. The number of carboxylic acid groups (broad SMARTS) is 1. The van der Waals surface area contributed by atoms with Gasteiger partial charge in [0.15, 0.2) is 0 Å². The summed E-state index contributed by atoms with van der Waals surface area (Å²) >= 11 is 0. The molecular formula is C38H49NO4. The van der Waals surface area contributed by atoms with E-state index in [4.69, 9.17) is 4.74 Å². The minimum absolute atomic E-state index is 0.00295. The first-order chi connectivity index (χ1) is 20.0. The normalized spacial score (nSPS) is 39.2. The van der Waals surface area contributed by atoms with Gasteiger partial charge in [0.25, 0.3) is 0 Å². The first-order valence-corrected chi connectivity index (χ1v) is 16.4. The Labute approximate surface area is 256 Å². The van der Waals surface area contributed by atoms with Crippen LogP contribution in [-0.2, 0) is 27.8 Å². The molecule has 0 radical (unpaired) electrons. The molecule has 1 aromatic heterocycles. The van der Waals surface area contributed by atoms with Crippen molar-refractivity contribution in [1.82, 2.24) is 4.98 Å². The third kappa shape index (κ3) is 3.86. The minimum Gasteiger partial charge on any atom is -0.478 e. The molecule has 2 heterocycles. The van der Waals surface area contributed by atoms with Gasteiger partial charge in [0.05, 0.1) is 17.3 Å². The van der Waals surface area contributed by atoms with Crippen molar-refractivity contribution in [3.8, 4) is 0 Å². The molecule has 4 aliphatic carbocycles. The van der Waals surface area contributed by atoms with Gasteiger partial charge < -0.3 is 19.9 Å². The van der Waals surface area contributed by atoms with Crippen LogP contribution in [0.3, 0.4) is 0 Å². The van der Waals surface area contributed by atoms with Crippen LogP contribution in [0, 0.1) is 28.6 Å². The Balaban J connectivity index is 1.31. The van der Waals surface area contributed by atoms with Gasteiger partial charge in [-0.25, -0.2) is 4.79 Å². The van der Waals surface area contributed by atoms with Gasteiger partial charge in [-0.1, -0.05) is 39.0 Å². The number of nitrogens with one attached hydrogen (secondary N) is 1. The van der Waals surface area contributed by atoms with E-state index in [1.54, 1.807) is 13.0 Å². The van der Waals surface area contributed by atoms with Crippen molar-refractivity contribution in [1.29, 1.82) is 0 Å². The van der Waals surface area contributed by atoms with Crippen LogP contribution in [0.2, 0.25) is 0 Å². The predicted octanol–water partition coefficient (Wildman–Crippen LogP) is 7.91. The highest BCUT2D eigenvalue weighted by Crippen LogP contribution is 2.70. The average Bonchev–Trinajstić information content (AvgIpc) is 3.54. The molecule has 0 saturated heterocycles. The number of H-pyrrole nitrogens is 1. The Morgan fingerprint density at radius 3 is 2.51 bits per heavy atom. The molecule has 0 spiro atoms. The topological polar surface area (TPSA) is 82.5 Å². The van der Waals surface area contributed by atoms with Crippen molar-refractivity contribution in [2.24, 2.45) is 28.6 Å². The van der Waals surface area contributed by atoms with Crippen LogP contribution in [-0.4, -0.2) is 38.5 Å². The highest BCUT2D eigenvalue weighted by molar-refractivity contribution is 5.92. The number of hydrogen-bond donors (Lipinski definition) is 3. The van der Waals surface area contributed by atoms with Crippen LogP contribution in [0.4, 0.5) is 0 Å². The van der Waals surface area contributed by atoms with Gasteiger partial charge in [-0.05, 0) is 131 Å². The van der Waals surface area contributed by atoms with Crippen molar-refractivity contribution in [3.05, 3.63) is 64.4 Å². The molecule has 3 N–H and O–H groups in total. The quantitative estimate of drug-likeness (QED) is 0.253. The standard InChI is InChI=1S/C38H49NO4/c1-21(33(41)42)10-9-14-36(6)30-12-11-23-18-26-25-19-24-22(16-28-27(24)20-34(2,3)43-35(28,4)5)17-29(25)39-32(26)38(23,8)37(30,7)15-13-31(36)40/h9-10,14,17,19-20,23,28,30-31,39-40H,11-13,15-16,18H2,1-8H3,(H,41,42)/b14-9+,21-10+/t23-,28+,30-,31-,36-,37-,38+/m0/s1. The monoisotopic (exact) mass is 583 g/mol. The lowest BCUT2D eigenvalue weighted by molar-refractivity contribution is -0.144. The largest absolute Gasteiger partial charge is 0.478 e. The van der Waals surface area contributed by atoms with Crippen molar-refractivity contribution >= 4 is 22.4 Å². The molecule has 7 rings (SSSR count). The minimum atomic E-state index is -0.906. The number of aliphatic hydroxyl groups is 1. The lowest BCUT2D eigenvalue weighted by Gasteiger charge is -2.64. The number of fused-ring (bicyclic) bond motifs is 10. The second kappa shape index (κ2) is 8.97. The van der Waals surface area contributed by atoms with Gasteiger partial charge in [-0.3, -0.25) is 0 Å². The summed E-state index contributed by atoms with van der Waals surface area (Å²) in [6.45, 7) is 17.7. The molecule has 5 aliphatic rings. The molecule has 1 aliphatic heterocycles. The van der Waals surface area contributed by atoms with E-state index in [1.165, 1.54) is 38.9 Å². The molecule has 43 heavy (non-hydrogen) atoms. The molecule has 0 amide bonds. The zero-order valence-corrected chi connectivity index (χ0v) is 27.2. The summed E-state index contributed by atoms with van der Waals surface area (Å²) < 4.78 is 6.53. The maximum absolute atomic E-state index is 11.4. The number of aromatic amines is 1. The van der Waals surface area contributed by atoms with E-state index in [0.717, 1.165) is 38.5 Å². The van der Waals surface area contributed by atoms with Crippen LogP contribution in [0.1, 0.15) is 103 Å². The van der Waals surface area contributed by atoms with Crippen molar-refractivity contribution < 1.29 is 19.7 Å². The fourth-order valence-electron chi connectivity index (χ4n) is 10.9. The number of allylic oxidation sites excluding steroid dienone is 2. The molecule has 5 nitrogen and oxygen atoms in total. The van der Waals surface area contributed by atoms with Crippen molar-refractivity contribution in [2.75, 3.05) is 0 Å². The first kappa shape index (κ1) is 29.1. The zero-order valence-electron chi connectivity index (χ0n) is 27.2. The van der Waals surface area contributed by atoms with Crippen LogP contribution >= 0.6 is 0 Å². The Morgan fingerprint density at radius 1 is 1.05 bits per heavy atom. The highest BCUT2D eigenvalue weighted by atomic mass is 16.5. The SMILES string of the molecule is C/C(=C\C=C\[C@]1(C)[C@@H](O)CC[C@@]2(C)[C@H]1CC[C@H]1Cc3c([nH]c4cc5c(cc34)C3=CC(C)(C)OC(C)(C)[C@@H]3C5)[C@@]12C)C(=O)O. The van der Waals surface area contributed by atoms with Gasteiger partial charge >= 0.3 is 5.97 Å². The van der Waals surface area contributed by atoms with E-state index in [0.29, 0.717) is 23.3 Å². The number of hydrogen-bond acceptors (Lipinski definition) is 3. The number of ether oxygens (including phenoxy) is 1. The third-order valence-corrected chi connectivity index (χ3v) is 13.2. The van der Waals surface area contributed by atoms with Crippen molar-refractivity contribution in [2.45, 2.75) is 117 Å². The third-order valence-electron chi connectivity index (χ3n) is 13.2. The van der Waals surface area contributed by atoms with Gasteiger partial charge in [0.1, 0.15) is 0 Å². The Kier molecular flexibility index (Phi) is 6.07. The van der Waals surface area contributed by atoms with Crippen LogP contribution in [0.25, 0.3) is 16.5 Å². The number of aliphatic carboxylic acids is 1. The van der Waals surface area contributed by atoms with E-state index in [-0.39, 0.29) is 22.0 Å². The number of benzene rings is 1. The molecule has 230 valence electrons. The molecule has 2 aromatic rings. The number of rotatable bonds is 3. The van der Waals surface area contributed by atoms with Crippen molar-refractivity contribution in [3.63, 3.8) is 0 Å². The van der Waals surface area contributed by atoms with E-state index < -0.39 is 17.5 Å². The maximum Gasteiger partial charge on any atom is 0.331 e. The molecule has 0 bridgehead atoms. The van der Waals surface area contributed by atoms with Crippen LogP contribution in [0.15, 0.2) is 42.0 Å². The summed E-state index contributed by atoms with van der Waals surface area (Å²) in [5.41, 5.74) is 7.86. The first-order valence-electron chi connectivity index (χ1n) is 16.4. The number of aromatic nitrogens is 1. The van der Waals surface area contributed by atoms with Gasteiger partial charge in [0, 0.05) is 38.9 Å². The number of aliphatic hydroxyl groups excluding tert-OH is 1. The number of carboxylic acids is 1. The van der Waals surface area contributed by atoms with Gasteiger partial charge in [0.2, 0.25) is 0 Å². The molecule has 2 fully saturated rings. The lowest BCUT2D eigenvalue weighted by Crippen LogP contribution is -2.61. The Hall–Kier alpha value is -2.63. The number of carbonyl (C=O) groups is 1. The molecule has 0 unspecified atom stereocenters. The summed E-state index contributed by atoms with van der Waals surface area (Å²) in [5, 5.41) is 22.2. The van der Waals surface area contributed by atoms with E-state index in [1.807, 2.05) is 6.08 Å². The Bertz CT molecular complexity index is 1640. The summed E-state index contributed by atoms with van der Waals surface area (Å²) in [6, 6.07) is 4.93. The predicted molar refractivity (Wildman–Crippen MR) is 172 cm³/mol. The summed E-state index contributed by atoms with van der Waals surface area (Å²) in [6.07, 6.45) is 13.7. The van der Waals surface area contributed by atoms with E-state index >= 15 is 0 Å². The van der Waals surface area contributed by atoms with Gasteiger partial charge in [-0.2, -0.15) is 0 Å². The second-order valence-corrected chi connectivity index (χ2v) is 16.3. The maximum atomic E-state index is 11.4.